The summed E-state index contributed by atoms with van der Waals surface area (Å²) in [6.45, 7) is 1.14. The smallest absolute Gasteiger partial charge is 0.338 e. The van der Waals surface area contributed by atoms with Crippen LogP contribution in [0, 0.1) is 0 Å². The lowest BCUT2D eigenvalue weighted by Crippen LogP contribution is -2.05. The van der Waals surface area contributed by atoms with E-state index < -0.39 is 0 Å². The molecule has 0 bridgehead atoms. The first-order chi connectivity index (χ1) is 13.2. The Kier molecular flexibility index (Phi) is 6.55. The molecule has 0 amide bonds. The van der Waals surface area contributed by atoms with Crippen molar-refractivity contribution in [2.24, 2.45) is 0 Å². The van der Waals surface area contributed by atoms with E-state index >= 15 is 0 Å². The molecule has 1 aromatic heterocycles. The summed E-state index contributed by atoms with van der Waals surface area (Å²) in [6.07, 6.45) is 1.74. The van der Waals surface area contributed by atoms with E-state index in [4.69, 9.17) is 14.2 Å². The maximum Gasteiger partial charge on any atom is 0.338 e. The van der Waals surface area contributed by atoms with Crippen LogP contribution in [0.25, 0.3) is 0 Å². The van der Waals surface area contributed by atoms with Gasteiger partial charge in [-0.1, -0.05) is 30.3 Å². The normalized spacial score (nSPS) is 10.4. The van der Waals surface area contributed by atoms with Gasteiger partial charge in [-0.2, -0.15) is 0 Å². The van der Waals surface area contributed by atoms with Gasteiger partial charge in [0, 0.05) is 13.3 Å². The molecule has 0 saturated heterocycles. The predicted octanol–water partition coefficient (Wildman–Crippen LogP) is 4.16. The summed E-state index contributed by atoms with van der Waals surface area (Å²) in [4.78, 5) is 16.3. The van der Waals surface area contributed by atoms with Crippen molar-refractivity contribution in [2.75, 3.05) is 7.11 Å². The van der Waals surface area contributed by atoms with Crippen molar-refractivity contribution in [1.82, 2.24) is 4.98 Å². The second-order valence-corrected chi connectivity index (χ2v) is 5.96. The predicted molar refractivity (Wildman–Crippen MR) is 101 cm³/mol. The highest BCUT2D eigenvalue weighted by atomic mass is 16.5. The summed E-state index contributed by atoms with van der Waals surface area (Å²) in [5.74, 6) is 0.388. The minimum Gasteiger partial charge on any atom is -0.487 e. The number of nitrogens with zero attached hydrogens (tertiary/aromatic N) is 1. The number of hydrogen-bond acceptors (Lipinski definition) is 5. The van der Waals surface area contributed by atoms with Crippen molar-refractivity contribution < 1.29 is 19.0 Å². The monoisotopic (exact) mass is 363 g/mol. The highest BCUT2D eigenvalue weighted by Gasteiger charge is 2.07. The quantitative estimate of drug-likeness (QED) is 0.562. The van der Waals surface area contributed by atoms with Crippen LogP contribution >= 0.6 is 0 Å². The van der Waals surface area contributed by atoms with Gasteiger partial charge in [-0.05, 0) is 47.5 Å². The average molecular weight is 363 g/mol. The van der Waals surface area contributed by atoms with Gasteiger partial charge in [0.2, 0.25) is 0 Å². The van der Waals surface area contributed by atoms with Gasteiger partial charge in [0.1, 0.15) is 19.0 Å². The van der Waals surface area contributed by atoms with Gasteiger partial charge >= 0.3 is 5.97 Å². The molecule has 5 nitrogen and oxygen atoms in total. The summed E-state index contributed by atoms with van der Waals surface area (Å²) in [5.41, 5.74) is 3.29. The Morgan fingerprint density at radius 2 is 1.56 bits per heavy atom. The number of carbonyl (C=O) groups is 1. The average Bonchev–Trinajstić information content (AvgIpc) is 2.73. The van der Waals surface area contributed by atoms with Gasteiger partial charge in [0.15, 0.2) is 0 Å². The molecule has 3 aromatic rings. The van der Waals surface area contributed by atoms with Crippen LogP contribution in [-0.2, 0) is 29.3 Å². The second kappa shape index (κ2) is 9.50. The molecule has 138 valence electrons. The number of ether oxygens (including phenoxy) is 3. The van der Waals surface area contributed by atoms with Crippen LogP contribution in [0.1, 0.15) is 27.2 Å². The summed E-state index contributed by atoms with van der Waals surface area (Å²) < 4.78 is 16.1. The lowest BCUT2D eigenvalue weighted by Gasteiger charge is -2.08. The second-order valence-electron chi connectivity index (χ2n) is 5.96. The lowest BCUT2D eigenvalue weighted by molar-refractivity contribution is 0.0472. The summed E-state index contributed by atoms with van der Waals surface area (Å²) in [6, 6.07) is 20.4. The van der Waals surface area contributed by atoms with Gasteiger partial charge in [0.25, 0.3) is 0 Å². The standard InChI is InChI=1S/C22H21NO4/c1-25-14-17-5-9-19(10-6-17)22(24)27-15-18-7-11-21(12-8-18)26-16-20-4-2-3-13-23-20/h2-13H,14-16H2,1H3. The van der Waals surface area contributed by atoms with Gasteiger partial charge < -0.3 is 14.2 Å². The molecular weight excluding hydrogens is 342 g/mol. The number of benzene rings is 2. The fourth-order valence-corrected chi connectivity index (χ4v) is 2.46. The van der Waals surface area contributed by atoms with Crippen molar-refractivity contribution in [2.45, 2.75) is 19.8 Å². The fourth-order valence-electron chi connectivity index (χ4n) is 2.46. The Labute approximate surface area is 158 Å². The van der Waals surface area contributed by atoms with Gasteiger partial charge in [-0.3, -0.25) is 4.98 Å². The number of methoxy groups -OCH3 is 1. The van der Waals surface area contributed by atoms with Gasteiger partial charge in [-0.25, -0.2) is 4.79 Å². The van der Waals surface area contributed by atoms with Crippen LogP contribution < -0.4 is 4.74 Å². The summed E-state index contributed by atoms with van der Waals surface area (Å²) in [5, 5.41) is 0. The highest BCUT2D eigenvalue weighted by Crippen LogP contribution is 2.15. The molecule has 0 unspecified atom stereocenters. The van der Waals surface area contributed by atoms with Crippen molar-refractivity contribution in [3.63, 3.8) is 0 Å². The SMILES string of the molecule is COCc1ccc(C(=O)OCc2ccc(OCc3ccccn3)cc2)cc1. The molecule has 0 aliphatic rings. The Hall–Kier alpha value is -3.18. The van der Waals surface area contributed by atoms with E-state index in [1.807, 2.05) is 54.6 Å². The zero-order chi connectivity index (χ0) is 18.9. The van der Waals surface area contributed by atoms with E-state index in [0.29, 0.717) is 18.8 Å². The Bertz CT molecular complexity index is 846. The maximum absolute atomic E-state index is 12.1. The van der Waals surface area contributed by atoms with Crippen molar-refractivity contribution in [1.29, 1.82) is 0 Å². The first-order valence-corrected chi connectivity index (χ1v) is 8.61. The molecule has 0 atom stereocenters. The maximum atomic E-state index is 12.1. The molecule has 3 rings (SSSR count). The zero-order valence-electron chi connectivity index (χ0n) is 15.1. The first-order valence-electron chi connectivity index (χ1n) is 8.61. The molecule has 0 spiro atoms. The van der Waals surface area contributed by atoms with Crippen LogP contribution in [0.5, 0.6) is 5.75 Å². The Balaban J connectivity index is 1.48. The van der Waals surface area contributed by atoms with Crippen LogP contribution in [-0.4, -0.2) is 18.1 Å². The molecule has 2 aromatic carbocycles. The summed E-state index contributed by atoms with van der Waals surface area (Å²) >= 11 is 0. The van der Waals surface area contributed by atoms with Crippen LogP contribution in [0.4, 0.5) is 0 Å². The van der Waals surface area contributed by atoms with Crippen LogP contribution in [0.15, 0.2) is 72.9 Å². The molecule has 0 fully saturated rings. The third-order valence-electron chi connectivity index (χ3n) is 3.91. The molecule has 0 radical (unpaired) electrons. The van der Waals surface area contributed by atoms with E-state index in [0.717, 1.165) is 22.6 Å². The first kappa shape index (κ1) is 18.6. The third kappa shape index (κ3) is 5.66. The van der Waals surface area contributed by atoms with E-state index in [1.165, 1.54) is 0 Å². The van der Waals surface area contributed by atoms with Crippen molar-refractivity contribution in [3.8, 4) is 5.75 Å². The Morgan fingerprint density at radius 3 is 2.22 bits per heavy atom. The molecular formula is C22H21NO4. The third-order valence-corrected chi connectivity index (χ3v) is 3.91. The topological polar surface area (TPSA) is 57.7 Å². The van der Waals surface area contributed by atoms with Gasteiger partial charge in [-0.15, -0.1) is 0 Å². The summed E-state index contributed by atoms with van der Waals surface area (Å²) in [7, 11) is 1.64. The van der Waals surface area contributed by atoms with E-state index in [9.17, 15) is 4.79 Å². The number of rotatable bonds is 8. The fraction of sp³-hybridized carbons (Fsp3) is 0.182. The number of carbonyl (C=O) groups excluding carboxylic acids is 1. The minimum absolute atomic E-state index is 0.208. The molecule has 0 saturated carbocycles. The number of esters is 1. The van der Waals surface area contributed by atoms with E-state index in [2.05, 4.69) is 4.98 Å². The minimum atomic E-state index is -0.352. The molecule has 0 aliphatic heterocycles. The zero-order valence-corrected chi connectivity index (χ0v) is 15.1. The number of aromatic nitrogens is 1. The molecule has 27 heavy (non-hydrogen) atoms. The molecule has 1 heterocycles. The molecule has 0 N–H and O–H groups in total. The number of pyridine rings is 1. The van der Waals surface area contributed by atoms with Crippen LogP contribution in [0.2, 0.25) is 0 Å². The van der Waals surface area contributed by atoms with Gasteiger partial charge in [0.05, 0.1) is 17.9 Å². The van der Waals surface area contributed by atoms with Crippen molar-refractivity contribution >= 4 is 5.97 Å². The Morgan fingerprint density at radius 1 is 0.852 bits per heavy atom. The van der Waals surface area contributed by atoms with Crippen molar-refractivity contribution in [3.05, 3.63) is 95.3 Å². The largest absolute Gasteiger partial charge is 0.487 e. The van der Waals surface area contributed by atoms with E-state index in [1.54, 1.807) is 25.4 Å². The lowest BCUT2D eigenvalue weighted by atomic mass is 10.1. The number of hydrogen-bond donors (Lipinski definition) is 0. The van der Waals surface area contributed by atoms with E-state index in [-0.39, 0.29) is 12.6 Å². The molecule has 5 heteroatoms. The van der Waals surface area contributed by atoms with Crippen LogP contribution in [0.3, 0.4) is 0 Å². The highest BCUT2D eigenvalue weighted by molar-refractivity contribution is 5.89. The molecule has 0 aliphatic carbocycles.